The molecule has 0 unspecified atom stereocenters. The van der Waals surface area contributed by atoms with Gasteiger partial charge in [-0.1, -0.05) is 17.7 Å². The van der Waals surface area contributed by atoms with Gasteiger partial charge >= 0.3 is 5.97 Å². The molecule has 2 heterocycles. The fourth-order valence-electron chi connectivity index (χ4n) is 2.48. The lowest BCUT2D eigenvalue weighted by molar-refractivity contribution is -0.123. The third-order valence-corrected chi connectivity index (χ3v) is 4.92. The van der Waals surface area contributed by atoms with Crippen LogP contribution in [0, 0.1) is 0 Å². The fourth-order valence-corrected chi connectivity index (χ4v) is 3.68. The van der Waals surface area contributed by atoms with Crippen molar-refractivity contribution >= 4 is 46.6 Å². The lowest BCUT2D eigenvalue weighted by Crippen LogP contribution is -2.34. The molecule has 0 aliphatic carbocycles. The summed E-state index contributed by atoms with van der Waals surface area (Å²) in [6, 6.07) is 7.62. The first-order valence-corrected chi connectivity index (χ1v) is 8.87. The summed E-state index contributed by atoms with van der Waals surface area (Å²) in [6.07, 6.45) is 1.52. The minimum Gasteiger partial charge on any atom is -0.478 e. The third kappa shape index (κ3) is 3.40. The van der Waals surface area contributed by atoms with Crippen molar-refractivity contribution in [3.63, 3.8) is 0 Å². The molecule has 1 aliphatic rings. The number of imide groups is 1. The van der Waals surface area contributed by atoms with Crippen molar-refractivity contribution in [2.75, 3.05) is 0 Å². The normalized spacial score (nSPS) is 16.2. The number of thioether (sulfide) groups is 1. The van der Waals surface area contributed by atoms with Crippen LogP contribution < -0.4 is 0 Å². The second-order valence-corrected chi connectivity index (χ2v) is 7.25. The summed E-state index contributed by atoms with van der Waals surface area (Å²) in [7, 11) is 0. The van der Waals surface area contributed by atoms with Gasteiger partial charge in [0.1, 0.15) is 11.5 Å². The van der Waals surface area contributed by atoms with E-state index >= 15 is 0 Å². The number of aromatic carboxylic acids is 1. The molecule has 8 heteroatoms. The zero-order valence-electron chi connectivity index (χ0n) is 13.9. The maximum Gasteiger partial charge on any atom is 0.337 e. The first-order valence-electron chi connectivity index (χ1n) is 7.68. The van der Waals surface area contributed by atoms with E-state index < -0.39 is 5.97 Å². The maximum atomic E-state index is 12.3. The number of hydrogen-bond acceptors (Lipinski definition) is 5. The molecule has 0 radical (unpaired) electrons. The molecule has 134 valence electrons. The van der Waals surface area contributed by atoms with Crippen LogP contribution >= 0.6 is 23.4 Å². The predicted octanol–water partition coefficient (Wildman–Crippen LogP) is 4.74. The number of carboxylic acid groups (broad SMARTS) is 1. The van der Waals surface area contributed by atoms with Crippen LogP contribution in [-0.4, -0.2) is 33.2 Å². The van der Waals surface area contributed by atoms with Gasteiger partial charge in [-0.25, -0.2) is 4.79 Å². The molecule has 3 rings (SSSR count). The van der Waals surface area contributed by atoms with Crippen molar-refractivity contribution in [2.24, 2.45) is 0 Å². The van der Waals surface area contributed by atoms with Crippen LogP contribution in [0.2, 0.25) is 5.02 Å². The number of carboxylic acids is 1. The summed E-state index contributed by atoms with van der Waals surface area (Å²) in [4.78, 5) is 36.7. The van der Waals surface area contributed by atoms with Crippen LogP contribution in [0.25, 0.3) is 17.4 Å². The van der Waals surface area contributed by atoms with Gasteiger partial charge in [0.2, 0.25) is 0 Å². The van der Waals surface area contributed by atoms with Crippen molar-refractivity contribution in [1.82, 2.24) is 4.90 Å². The SMILES string of the molecule is CC(C)N1C(=O)SC(=Cc2ccc(-c3ccc(C(=O)O)c(Cl)c3)o2)C1=O. The van der Waals surface area contributed by atoms with Crippen molar-refractivity contribution < 1.29 is 23.9 Å². The van der Waals surface area contributed by atoms with Gasteiger partial charge in [0.25, 0.3) is 11.1 Å². The Morgan fingerprint density at radius 1 is 1.27 bits per heavy atom. The molecule has 1 aliphatic heterocycles. The molecule has 1 aromatic heterocycles. The van der Waals surface area contributed by atoms with Crippen molar-refractivity contribution in [2.45, 2.75) is 19.9 Å². The maximum absolute atomic E-state index is 12.3. The summed E-state index contributed by atoms with van der Waals surface area (Å²) in [5, 5.41) is 8.81. The largest absolute Gasteiger partial charge is 0.478 e. The van der Waals surface area contributed by atoms with E-state index in [4.69, 9.17) is 21.1 Å². The van der Waals surface area contributed by atoms with Gasteiger partial charge in [-0.05, 0) is 49.9 Å². The molecule has 6 nitrogen and oxygen atoms in total. The Labute approximate surface area is 158 Å². The number of carbonyl (C=O) groups excluding carboxylic acids is 2. The number of rotatable bonds is 4. The van der Waals surface area contributed by atoms with Crippen molar-refractivity contribution in [3.8, 4) is 11.3 Å². The quantitative estimate of drug-likeness (QED) is 0.757. The molecule has 0 saturated carbocycles. The molecule has 2 aromatic rings. The van der Waals surface area contributed by atoms with Crippen LogP contribution in [0.5, 0.6) is 0 Å². The molecule has 1 N–H and O–H groups in total. The summed E-state index contributed by atoms with van der Waals surface area (Å²) in [5.74, 6) is -0.574. The highest BCUT2D eigenvalue weighted by molar-refractivity contribution is 8.18. The van der Waals surface area contributed by atoms with E-state index in [1.54, 1.807) is 32.0 Å². The summed E-state index contributed by atoms with van der Waals surface area (Å²) in [5.41, 5.74) is 0.611. The minimum absolute atomic E-state index is 0.00422. The second kappa shape index (κ2) is 7.01. The predicted molar refractivity (Wildman–Crippen MR) is 99.1 cm³/mol. The molecule has 1 fully saturated rings. The van der Waals surface area contributed by atoms with E-state index in [-0.39, 0.29) is 27.8 Å². The van der Waals surface area contributed by atoms with Gasteiger partial charge in [0.05, 0.1) is 15.5 Å². The van der Waals surface area contributed by atoms with E-state index in [1.807, 2.05) is 0 Å². The van der Waals surface area contributed by atoms with E-state index in [0.717, 1.165) is 11.8 Å². The van der Waals surface area contributed by atoms with Crippen LogP contribution in [0.4, 0.5) is 4.79 Å². The number of benzene rings is 1. The minimum atomic E-state index is -1.11. The summed E-state index contributed by atoms with van der Waals surface area (Å²) >= 11 is 6.84. The number of furan rings is 1. The average molecular weight is 392 g/mol. The van der Waals surface area contributed by atoms with Crippen LogP contribution in [-0.2, 0) is 4.79 Å². The molecule has 26 heavy (non-hydrogen) atoms. The van der Waals surface area contributed by atoms with Gasteiger partial charge in [0, 0.05) is 17.7 Å². The lowest BCUT2D eigenvalue weighted by Gasteiger charge is -2.16. The first-order chi connectivity index (χ1) is 12.3. The highest BCUT2D eigenvalue weighted by Gasteiger charge is 2.36. The Morgan fingerprint density at radius 3 is 2.58 bits per heavy atom. The monoisotopic (exact) mass is 391 g/mol. The molecule has 0 bridgehead atoms. The fraction of sp³-hybridized carbons (Fsp3) is 0.167. The third-order valence-electron chi connectivity index (χ3n) is 3.72. The average Bonchev–Trinajstić information content (AvgIpc) is 3.12. The molecule has 0 spiro atoms. The van der Waals surface area contributed by atoms with Crippen molar-refractivity contribution in [3.05, 3.63) is 51.6 Å². The van der Waals surface area contributed by atoms with Gasteiger partial charge in [0.15, 0.2) is 0 Å². The Morgan fingerprint density at radius 2 is 2.00 bits per heavy atom. The number of amides is 2. The highest BCUT2D eigenvalue weighted by Crippen LogP contribution is 2.34. The summed E-state index contributed by atoms with van der Waals surface area (Å²) in [6.45, 7) is 3.55. The summed E-state index contributed by atoms with van der Waals surface area (Å²) < 4.78 is 5.69. The zero-order chi connectivity index (χ0) is 19.0. The second-order valence-electron chi connectivity index (χ2n) is 5.85. The van der Waals surface area contributed by atoms with Gasteiger partial charge in [-0.2, -0.15) is 0 Å². The Hall–Kier alpha value is -2.51. The molecular weight excluding hydrogens is 378 g/mol. The van der Waals surface area contributed by atoms with Crippen LogP contribution in [0.3, 0.4) is 0 Å². The van der Waals surface area contributed by atoms with E-state index in [0.29, 0.717) is 22.0 Å². The molecule has 2 amide bonds. The zero-order valence-corrected chi connectivity index (χ0v) is 15.4. The standard InChI is InChI=1S/C18H14ClNO5S/c1-9(2)20-16(21)15(26-18(20)24)8-11-4-6-14(25-11)10-3-5-12(17(22)23)13(19)7-10/h3-9H,1-2H3,(H,22,23). The number of nitrogens with zero attached hydrogens (tertiary/aromatic N) is 1. The molecule has 1 saturated heterocycles. The Bertz CT molecular complexity index is 947. The Kier molecular flexibility index (Phi) is 4.93. The van der Waals surface area contributed by atoms with Crippen LogP contribution in [0.15, 0.2) is 39.7 Å². The van der Waals surface area contributed by atoms with Gasteiger partial charge in [-0.15, -0.1) is 0 Å². The lowest BCUT2D eigenvalue weighted by atomic mass is 10.1. The number of halogens is 1. The van der Waals surface area contributed by atoms with E-state index in [2.05, 4.69) is 0 Å². The van der Waals surface area contributed by atoms with Gasteiger partial charge in [-0.3, -0.25) is 14.5 Å². The first kappa shape index (κ1) is 18.3. The van der Waals surface area contributed by atoms with E-state index in [1.165, 1.54) is 23.1 Å². The number of hydrogen-bond donors (Lipinski definition) is 1. The Balaban J connectivity index is 1.87. The topological polar surface area (TPSA) is 87.8 Å². The van der Waals surface area contributed by atoms with Crippen LogP contribution in [0.1, 0.15) is 30.0 Å². The van der Waals surface area contributed by atoms with E-state index in [9.17, 15) is 14.4 Å². The number of carbonyl (C=O) groups is 3. The highest BCUT2D eigenvalue weighted by atomic mass is 35.5. The molecule has 1 aromatic carbocycles. The molecular formula is C18H14ClNO5S. The van der Waals surface area contributed by atoms with Gasteiger partial charge < -0.3 is 9.52 Å². The molecule has 0 atom stereocenters. The van der Waals surface area contributed by atoms with Crippen molar-refractivity contribution in [1.29, 1.82) is 0 Å². The smallest absolute Gasteiger partial charge is 0.337 e.